The summed E-state index contributed by atoms with van der Waals surface area (Å²) in [7, 11) is 0. The number of hydrogen-bond acceptors (Lipinski definition) is 5. The van der Waals surface area contributed by atoms with E-state index >= 15 is 0 Å². The van der Waals surface area contributed by atoms with Crippen molar-refractivity contribution in [3.63, 3.8) is 0 Å². The number of amides is 2. The van der Waals surface area contributed by atoms with Crippen molar-refractivity contribution in [2.24, 2.45) is 0 Å². The molecule has 1 heterocycles. The van der Waals surface area contributed by atoms with Crippen molar-refractivity contribution >= 4 is 40.6 Å². The van der Waals surface area contributed by atoms with Gasteiger partial charge in [0.1, 0.15) is 6.61 Å². The number of ether oxygens (including phenoxy) is 2. The molecule has 0 radical (unpaired) electrons. The van der Waals surface area contributed by atoms with Gasteiger partial charge in [-0.1, -0.05) is 36.7 Å². The molecule has 0 aromatic heterocycles. The minimum Gasteiger partial charge on any atom is -0.490 e. The molecule has 5 nitrogen and oxygen atoms in total. The fourth-order valence-electron chi connectivity index (χ4n) is 2.81. The fourth-order valence-corrected chi connectivity index (χ4v) is 3.80. The summed E-state index contributed by atoms with van der Waals surface area (Å²) in [6, 6.07) is 12.9. The summed E-state index contributed by atoms with van der Waals surface area (Å²) in [4.78, 5) is 26.1. The average Bonchev–Trinajstić information content (AvgIpc) is 2.97. The molecule has 29 heavy (non-hydrogen) atoms. The summed E-state index contributed by atoms with van der Waals surface area (Å²) in [6.07, 6.45) is 2.45. The molecule has 152 valence electrons. The third-order valence-corrected chi connectivity index (χ3v) is 5.35. The molecular formula is C22H22ClNO4S. The van der Waals surface area contributed by atoms with Crippen molar-refractivity contribution < 1.29 is 19.1 Å². The van der Waals surface area contributed by atoms with Crippen LogP contribution < -0.4 is 9.47 Å². The van der Waals surface area contributed by atoms with Crippen molar-refractivity contribution in [2.75, 3.05) is 13.2 Å². The van der Waals surface area contributed by atoms with Gasteiger partial charge in [-0.15, -0.1) is 0 Å². The summed E-state index contributed by atoms with van der Waals surface area (Å²) >= 11 is 6.88. The van der Waals surface area contributed by atoms with Crippen LogP contribution in [0.1, 0.15) is 31.4 Å². The largest absolute Gasteiger partial charge is 0.490 e. The van der Waals surface area contributed by atoms with Gasteiger partial charge in [-0.2, -0.15) is 0 Å². The predicted octanol–water partition coefficient (Wildman–Crippen LogP) is 5.76. The molecule has 0 unspecified atom stereocenters. The Labute approximate surface area is 179 Å². The quantitative estimate of drug-likeness (QED) is 0.497. The Morgan fingerprint density at radius 1 is 1.03 bits per heavy atom. The van der Waals surface area contributed by atoms with Crippen LogP contribution in [0.5, 0.6) is 11.5 Å². The molecule has 0 bridgehead atoms. The summed E-state index contributed by atoms with van der Waals surface area (Å²) in [5.41, 5.74) is 1.76. The number of carbonyl (C=O) groups excluding carboxylic acids is 2. The van der Waals surface area contributed by atoms with E-state index in [4.69, 9.17) is 21.1 Å². The minimum absolute atomic E-state index is 0.226. The zero-order valence-electron chi connectivity index (χ0n) is 16.3. The van der Waals surface area contributed by atoms with Crippen LogP contribution in [0, 0.1) is 0 Å². The number of carbonyl (C=O) groups is 2. The van der Waals surface area contributed by atoms with Crippen molar-refractivity contribution in [3.8, 4) is 11.5 Å². The van der Waals surface area contributed by atoms with Crippen LogP contribution >= 0.6 is 23.4 Å². The van der Waals surface area contributed by atoms with E-state index in [1.807, 2.05) is 56.3 Å². The summed E-state index contributed by atoms with van der Waals surface area (Å²) in [5.74, 6) is 0.948. The maximum Gasteiger partial charge on any atom is 0.293 e. The van der Waals surface area contributed by atoms with E-state index in [2.05, 4.69) is 0 Å². The monoisotopic (exact) mass is 431 g/mol. The molecule has 0 saturated carbocycles. The summed E-state index contributed by atoms with van der Waals surface area (Å²) in [5, 5.41) is 0.451. The van der Waals surface area contributed by atoms with E-state index < -0.39 is 0 Å². The number of nitrogens with zero attached hydrogens (tertiary/aromatic N) is 1. The molecule has 0 spiro atoms. The van der Waals surface area contributed by atoms with Crippen molar-refractivity contribution in [2.45, 2.75) is 26.9 Å². The van der Waals surface area contributed by atoms with Gasteiger partial charge in [-0.05, 0) is 66.6 Å². The second-order valence-electron chi connectivity index (χ2n) is 6.39. The standard InChI is InChI=1S/C22H22ClNO4S/c1-3-11-24-21(25)20(29-22(24)26)13-16-7-10-18(19(12-16)27-4-2)28-14-15-5-8-17(23)9-6-15/h5-10,12-13H,3-4,11,14H2,1-2H3/b20-13+. The van der Waals surface area contributed by atoms with Crippen molar-refractivity contribution in [3.05, 3.63) is 63.5 Å². The molecule has 0 aliphatic carbocycles. The molecule has 2 aromatic rings. The number of thioether (sulfide) groups is 1. The summed E-state index contributed by atoms with van der Waals surface area (Å²) in [6.45, 7) is 5.12. The number of rotatable bonds is 8. The van der Waals surface area contributed by atoms with Gasteiger partial charge in [0.2, 0.25) is 0 Å². The Hall–Kier alpha value is -2.44. The number of imide groups is 1. The first-order valence-corrected chi connectivity index (χ1v) is 10.6. The molecule has 1 fully saturated rings. The minimum atomic E-state index is -0.247. The van der Waals surface area contributed by atoms with Crippen molar-refractivity contribution in [1.29, 1.82) is 0 Å². The first-order valence-electron chi connectivity index (χ1n) is 9.41. The van der Waals surface area contributed by atoms with E-state index in [9.17, 15) is 9.59 Å². The second-order valence-corrected chi connectivity index (χ2v) is 7.82. The highest BCUT2D eigenvalue weighted by Crippen LogP contribution is 2.35. The van der Waals surface area contributed by atoms with Crippen LogP contribution in [0.2, 0.25) is 5.02 Å². The Balaban J connectivity index is 1.77. The third-order valence-electron chi connectivity index (χ3n) is 4.19. The molecule has 1 saturated heterocycles. The Morgan fingerprint density at radius 3 is 2.48 bits per heavy atom. The molecule has 0 atom stereocenters. The molecule has 2 aromatic carbocycles. The average molecular weight is 432 g/mol. The van der Waals surface area contributed by atoms with Crippen LogP contribution in [0.25, 0.3) is 6.08 Å². The maximum absolute atomic E-state index is 12.4. The van der Waals surface area contributed by atoms with Gasteiger partial charge < -0.3 is 9.47 Å². The molecule has 0 N–H and O–H groups in total. The van der Waals surface area contributed by atoms with E-state index in [0.717, 1.165) is 29.3 Å². The van der Waals surface area contributed by atoms with Crippen LogP contribution in [0.4, 0.5) is 4.79 Å². The van der Waals surface area contributed by atoms with E-state index in [1.54, 1.807) is 6.08 Å². The molecule has 3 rings (SSSR count). The third kappa shape index (κ3) is 5.34. The second kappa shape index (κ2) is 9.85. The van der Waals surface area contributed by atoms with Gasteiger partial charge in [-0.25, -0.2) is 0 Å². The lowest BCUT2D eigenvalue weighted by atomic mass is 10.1. The molecular weight excluding hydrogens is 410 g/mol. The normalized spacial score (nSPS) is 15.3. The Bertz CT molecular complexity index is 927. The first kappa shape index (κ1) is 21.3. The number of benzene rings is 2. The van der Waals surface area contributed by atoms with Gasteiger partial charge in [0.25, 0.3) is 11.1 Å². The first-order chi connectivity index (χ1) is 14.0. The molecule has 1 aliphatic rings. The lowest BCUT2D eigenvalue weighted by Crippen LogP contribution is -2.28. The highest BCUT2D eigenvalue weighted by Gasteiger charge is 2.34. The maximum atomic E-state index is 12.4. The van der Waals surface area contributed by atoms with Gasteiger partial charge in [0, 0.05) is 11.6 Å². The van der Waals surface area contributed by atoms with Crippen molar-refractivity contribution in [1.82, 2.24) is 4.90 Å². The molecule has 7 heteroatoms. The van der Waals surface area contributed by atoms with Crippen LogP contribution in [-0.2, 0) is 11.4 Å². The van der Waals surface area contributed by atoms with Crippen LogP contribution in [0.15, 0.2) is 47.4 Å². The van der Waals surface area contributed by atoms with Crippen LogP contribution in [-0.4, -0.2) is 29.2 Å². The Morgan fingerprint density at radius 2 is 1.79 bits per heavy atom. The van der Waals surface area contributed by atoms with Gasteiger partial charge in [0.05, 0.1) is 11.5 Å². The fraction of sp³-hybridized carbons (Fsp3) is 0.273. The highest BCUT2D eigenvalue weighted by atomic mass is 35.5. The molecule has 2 amide bonds. The highest BCUT2D eigenvalue weighted by molar-refractivity contribution is 8.18. The van der Waals surface area contributed by atoms with E-state index in [0.29, 0.717) is 41.2 Å². The lowest BCUT2D eigenvalue weighted by molar-refractivity contribution is -0.122. The number of halogens is 1. The van der Waals surface area contributed by atoms with E-state index in [1.165, 1.54) is 4.90 Å². The van der Waals surface area contributed by atoms with Crippen LogP contribution in [0.3, 0.4) is 0 Å². The topological polar surface area (TPSA) is 55.8 Å². The SMILES string of the molecule is CCCN1C(=O)S/C(=C/c2ccc(OCc3ccc(Cl)cc3)c(OCC)c2)C1=O. The number of hydrogen-bond donors (Lipinski definition) is 0. The van der Waals surface area contributed by atoms with Gasteiger partial charge in [0.15, 0.2) is 11.5 Å². The smallest absolute Gasteiger partial charge is 0.293 e. The van der Waals surface area contributed by atoms with Gasteiger partial charge in [-0.3, -0.25) is 14.5 Å². The molecule has 1 aliphatic heterocycles. The van der Waals surface area contributed by atoms with Gasteiger partial charge >= 0.3 is 0 Å². The zero-order chi connectivity index (χ0) is 20.8. The van der Waals surface area contributed by atoms with E-state index in [-0.39, 0.29) is 11.1 Å². The Kier molecular flexibility index (Phi) is 7.23. The predicted molar refractivity (Wildman–Crippen MR) is 116 cm³/mol. The lowest BCUT2D eigenvalue weighted by Gasteiger charge is -2.13. The summed E-state index contributed by atoms with van der Waals surface area (Å²) < 4.78 is 11.6. The zero-order valence-corrected chi connectivity index (χ0v) is 17.9.